The molecule has 0 aliphatic carbocycles. The van der Waals surface area contributed by atoms with Gasteiger partial charge in [-0.1, -0.05) is 71.2 Å². The van der Waals surface area contributed by atoms with Gasteiger partial charge in [-0.3, -0.25) is 9.59 Å². The van der Waals surface area contributed by atoms with Gasteiger partial charge >= 0.3 is 0 Å². The molecule has 0 saturated carbocycles. The maximum absolute atomic E-state index is 11.6. The number of nitrogens with one attached hydrogen (secondary N) is 3. The number of rotatable bonds is 18. The smallest absolute Gasteiger partial charge is 0.252 e. The number of primary sulfonamides is 1. The molecule has 0 spiro atoms. The number of halogens is 3. The van der Waals surface area contributed by atoms with E-state index in [4.69, 9.17) is 81.4 Å². The number of carbonyl (C=O) groups excluding carboxylic acids is 2. The average Bonchev–Trinajstić information content (AvgIpc) is 1.44. The maximum atomic E-state index is 11.6. The number of nitrogens with zero attached hydrogens (tertiary/aromatic N) is 15. The molecule has 0 radical (unpaired) electrons. The Labute approximate surface area is 654 Å². The van der Waals surface area contributed by atoms with E-state index < -0.39 is 21.8 Å². The van der Waals surface area contributed by atoms with E-state index in [9.17, 15) is 18.0 Å². The molecule has 28 nitrogen and oxygen atoms in total. The van der Waals surface area contributed by atoms with Crippen molar-refractivity contribution in [2.24, 2.45) is 37.7 Å². The molecule has 0 fully saturated rings. The highest BCUT2D eigenvalue weighted by Gasteiger charge is 2.23. The number of benzene rings is 9. The van der Waals surface area contributed by atoms with Gasteiger partial charge in [0.15, 0.2) is 50.7 Å². The van der Waals surface area contributed by atoms with Gasteiger partial charge in [0.05, 0.1) is 73.8 Å². The van der Waals surface area contributed by atoms with Crippen molar-refractivity contribution >= 4 is 125 Å². The minimum atomic E-state index is -3.79. The number of nitrogens with two attached hydrogens (primary N) is 3. The summed E-state index contributed by atoms with van der Waals surface area (Å²) in [5.41, 5.74) is 25.7. The summed E-state index contributed by atoms with van der Waals surface area (Å²) in [4.78, 5) is 63.1. The van der Waals surface area contributed by atoms with Gasteiger partial charge in [0.25, 0.3) is 17.6 Å². The normalized spacial score (nSPS) is 11.0. The van der Waals surface area contributed by atoms with Crippen LogP contribution in [0.1, 0.15) is 54.1 Å². The number of sulfonamides is 1. The number of ether oxygens (including phenoxy) is 3. The highest BCUT2D eigenvalue weighted by Crippen LogP contribution is 2.43. The summed E-state index contributed by atoms with van der Waals surface area (Å²) >= 11 is 20.0. The van der Waals surface area contributed by atoms with Crippen molar-refractivity contribution in [3.05, 3.63) is 261 Å². The fraction of sp³-hybridized carbons (Fsp3) is 0.0750. The van der Waals surface area contributed by atoms with Crippen LogP contribution in [0.25, 0.3) is 66.9 Å². The van der Waals surface area contributed by atoms with E-state index in [2.05, 4.69) is 79.0 Å². The second kappa shape index (κ2) is 32.2. The van der Waals surface area contributed by atoms with Crippen LogP contribution in [0.4, 0.5) is 34.9 Å². The zero-order chi connectivity index (χ0) is 79.2. The van der Waals surface area contributed by atoms with Crippen molar-refractivity contribution in [2.75, 3.05) is 16.0 Å². The van der Waals surface area contributed by atoms with Crippen LogP contribution < -0.4 is 46.8 Å². The zero-order valence-electron chi connectivity index (χ0n) is 59.9. The lowest BCUT2D eigenvalue weighted by Crippen LogP contribution is -2.11. The number of carbonyl (C=O) groups is 2. The topological polar surface area (TPSA) is 412 Å². The van der Waals surface area contributed by atoms with Crippen molar-refractivity contribution in [1.82, 2.24) is 58.6 Å². The van der Waals surface area contributed by atoms with Gasteiger partial charge in [-0.15, -0.1) is 0 Å². The number of hydrogen-bond acceptors (Lipinski definition) is 22. The number of nitriles is 3. The summed E-state index contributed by atoms with van der Waals surface area (Å²) in [5, 5.41) is 42.8. The van der Waals surface area contributed by atoms with Gasteiger partial charge in [-0.05, 0) is 216 Å². The lowest BCUT2D eigenvalue weighted by molar-refractivity contribution is 0.0992. The van der Waals surface area contributed by atoms with Crippen LogP contribution in [0.15, 0.2) is 206 Å². The minimum Gasteiger partial charge on any atom is -0.435 e. The van der Waals surface area contributed by atoms with E-state index in [0.29, 0.717) is 117 Å². The Morgan fingerprint density at radius 1 is 0.420 bits per heavy atom. The molecule has 0 aliphatic rings. The second-order valence-electron chi connectivity index (χ2n) is 25.2. The quantitative estimate of drug-likeness (QED) is 0.0464. The molecule has 32 heteroatoms. The molecule has 554 valence electrons. The number of anilines is 6. The predicted octanol–water partition coefficient (Wildman–Crippen LogP) is 16.0. The van der Waals surface area contributed by atoms with Gasteiger partial charge in [-0.25, -0.2) is 28.5 Å². The molecule has 0 aliphatic heterocycles. The number of aromatic nitrogens is 12. The Morgan fingerprint density at radius 3 is 1.07 bits per heavy atom. The van der Waals surface area contributed by atoms with E-state index >= 15 is 0 Å². The SMILES string of the molecule is Cc1cc(-c2ccc(C(N)=O)cc2)cc(Cl)c1Oc1nc(Nc2ccc(C#N)cc2)nc2c1ncn2C.Cc1cc(-c2ccc(C(N)=O)cc2)cc(Cl)c1Oc1nc(Nc2ccc(C#N)cc2)nc2ncn(C)c12.Cc1cc(-c2ccc(S(N)(=O)=O)cc2)cc(Cl)c1Oc1nc(Nc2ccc(C#N)cc2)nc2ncn(C)c12. The van der Waals surface area contributed by atoms with Gasteiger partial charge in [0.1, 0.15) is 0 Å². The largest absolute Gasteiger partial charge is 0.435 e. The lowest BCUT2D eigenvalue weighted by Gasteiger charge is -2.14. The standard InChI is InChI=1S/2C27H20ClN7O2.C26H20ClN7O3S/c1-15-11-19(17-5-7-18(8-6-17)24(30)36)12-21(28)23(15)37-26-22-25(31-14-35(22)2)33-27(34-26)32-20-9-3-16(13-29)4-10-20;1-15-11-19(17-5-7-18(8-6-17)24(30)36)12-21(28)23(15)37-26-22-25(35(2)14-31-22)33-27(34-26)32-20-9-3-16(13-29)4-10-20;1-15-11-18(17-5-9-20(10-6-17)38(29,35)36)12-21(27)23(15)37-25-22-24(30-14-34(22)2)32-26(33-25)31-19-7-3-16(13-28)4-8-19/h2*3-12,14H,1-2H3,(H2,30,36)(H,32,33,34);3-12,14H,1-2H3,(H2,29,35,36)(H,31,32,33). The van der Waals surface area contributed by atoms with Crippen molar-refractivity contribution < 1.29 is 32.2 Å². The van der Waals surface area contributed by atoms with Crippen molar-refractivity contribution in [2.45, 2.75) is 25.7 Å². The fourth-order valence-corrected chi connectivity index (χ4v) is 13.0. The molecule has 15 rings (SSSR count). The van der Waals surface area contributed by atoms with E-state index in [-0.39, 0.29) is 34.4 Å². The molecule has 2 amide bonds. The van der Waals surface area contributed by atoms with Gasteiger partial charge in [0.2, 0.25) is 39.7 Å². The first-order chi connectivity index (χ1) is 53.8. The Morgan fingerprint density at radius 2 is 0.741 bits per heavy atom. The summed E-state index contributed by atoms with van der Waals surface area (Å²) in [6, 6.07) is 58.3. The summed E-state index contributed by atoms with van der Waals surface area (Å²) in [6.07, 6.45) is 4.87. The number of amides is 2. The van der Waals surface area contributed by atoms with Crippen LogP contribution in [0.2, 0.25) is 15.1 Å². The molecule has 15 aromatic rings. The lowest BCUT2D eigenvalue weighted by atomic mass is 10.0. The monoisotopic (exact) mass is 1560 g/mol. The molecule has 9 N–H and O–H groups in total. The molecule has 112 heavy (non-hydrogen) atoms. The Balaban J connectivity index is 0.000000147. The third kappa shape index (κ3) is 17.0. The van der Waals surface area contributed by atoms with Crippen molar-refractivity contribution in [1.29, 1.82) is 15.8 Å². The number of primary amides is 2. The van der Waals surface area contributed by atoms with Crippen molar-refractivity contribution in [3.8, 4) is 86.5 Å². The first-order valence-electron chi connectivity index (χ1n) is 33.5. The predicted molar refractivity (Wildman–Crippen MR) is 426 cm³/mol. The first kappa shape index (κ1) is 75.8. The van der Waals surface area contributed by atoms with Gasteiger partial charge in [0, 0.05) is 49.3 Å². The van der Waals surface area contributed by atoms with Crippen LogP contribution in [-0.2, 0) is 31.2 Å². The first-order valence-corrected chi connectivity index (χ1v) is 36.2. The minimum absolute atomic E-state index is 0.0263. The summed E-state index contributed by atoms with van der Waals surface area (Å²) in [6.45, 7) is 5.62. The maximum Gasteiger partial charge on any atom is 0.252 e. The average molecular weight is 1570 g/mol. The van der Waals surface area contributed by atoms with Crippen LogP contribution in [0.3, 0.4) is 0 Å². The number of aryl methyl sites for hydroxylation is 6. The second-order valence-corrected chi connectivity index (χ2v) is 27.9. The van der Waals surface area contributed by atoms with Crippen LogP contribution in [0, 0.1) is 54.8 Å². The third-order valence-corrected chi connectivity index (χ3v) is 19.0. The zero-order valence-corrected chi connectivity index (χ0v) is 63.0. The third-order valence-electron chi connectivity index (χ3n) is 17.2. The summed E-state index contributed by atoms with van der Waals surface area (Å²) in [5.74, 6) is 1.95. The molecule has 9 aromatic carbocycles. The van der Waals surface area contributed by atoms with Gasteiger partial charge < -0.3 is 55.3 Å². The van der Waals surface area contributed by atoms with Crippen LogP contribution in [0.5, 0.6) is 34.9 Å². The molecule has 0 atom stereocenters. The molecular formula is C80H60Cl3N21O7S. The fourth-order valence-electron chi connectivity index (χ4n) is 11.5. The molecular weight excluding hydrogens is 1510 g/mol. The molecule has 6 heterocycles. The highest BCUT2D eigenvalue weighted by molar-refractivity contribution is 7.89. The number of hydrogen-bond donors (Lipinski definition) is 6. The van der Waals surface area contributed by atoms with Crippen LogP contribution >= 0.6 is 34.8 Å². The molecule has 6 aromatic heterocycles. The van der Waals surface area contributed by atoms with E-state index in [1.54, 1.807) is 160 Å². The highest BCUT2D eigenvalue weighted by atomic mass is 35.5. The number of imidazole rings is 3. The molecule has 0 saturated heterocycles. The molecule has 0 bridgehead atoms. The van der Waals surface area contributed by atoms with E-state index in [0.717, 1.165) is 50.1 Å². The Hall–Kier alpha value is -14.4. The number of fused-ring (bicyclic) bond motifs is 3. The molecule has 0 unspecified atom stereocenters. The van der Waals surface area contributed by atoms with E-state index in [1.165, 1.54) is 12.1 Å². The summed E-state index contributed by atoms with van der Waals surface area (Å²) in [7, 11) is 1.67. The van der Waals surface area contributed by atoms with Crippen LogP contribution in [-0.4, -0.2) is 78.8 Å². The Bertz CT molecular complexity index is 6370. The summed E-state index contributed by atoms with van der Waals surface area (Å²) < 4.78 is 47.1. The van der Waals surface area contributed by atoms with Gasteiger partial charge in [-0.2, -0.15) is 45.7 Å². The Kier molecular flexibility index (Phi) is 21.8. The van der Waals surface area contributed by atoms with E-state index in [1.807, 2.05) is 84.4 Å². The van der Waals surface area contributed by atoms with Crippen molar-refractivity contribution in [3.63, 3.8) is 0 Å².